The molecule has 0 aromatic carbocycles. The molecule has 10 heteroatoms. The van der Waals surface area contributed by atoms with Crippen molar-refractivity contribution < 1.29 is 28.0 Å². The molecule has 0 bridgehead atoms. The Labute approximate surface area is 123 Å². The second-order valence-corrected chi connectivity index (χ2v) is 7.41. The van der Waals surface area contributed by atoms with Crippen LogP contribution in [-0.4, -0.2) is 33.2 Å². The van der Waals surface area contributed by atoms with Crippen molar-refractivity contribution in [3.05, 3.63) is 10.4 Å². The molecule has 0 rings (SSSR count). The van der Waals surface area contributed by atoms with Gasteiger partial charge >= 0.3 is 14.7 Å². The molecule has 0 spiro atoms. The number of rotatable bonds is 8. The third-order valence-electron chi connectivity index (χ3n) is 2.55. The molecule has 0 aliphatic rings. The third kappa shape index (κ3) is 7.33. The Morgan fingerprint density at radius 3 is 2.00 bits per heavy atom. The van der Waals surface area contributed by atoms with Gasteiger partial charge in [0.25, 0.3) is 11.9 Å². The minimum Gasteiger partial charge on any atom is -0.485 e. The SMILES string of the molecule is CCC(=O)O[Si](CC)(CCOC(=O)N=[N+]=[N-])OC(=O)CC. The van der Waals surface area contributed by atoms with Crippen molar-refractivity contribution in [2.45, 2.75) is 45.7 Å². The molecule has 118 valence electrons. The van der Waals surface area contributed by atoms with Gasteiger partial charge < -0.3 is 13.6 Å². The summed E-state index contributed by atoms with van der Waals surface area (Å²) in [4.78, 5) is 36.2. The smallest absolute Gasteiger partial charge is 0.467 e. The highest BCUT2D eigenvalue weighted by molar-refractivity contribution is 6.70. The van der Waals surface area contributed by atoms with Crippen molar-refractivity contribution in [1.82, 2.24) is 0 Å². The molecule has 0 fully saturated rings. The van der Waals surface area contributed by atoms with Gasteiger partial charge in [-0.2, -0.15) is 0 Å². The molecule has 0 heterocycles. The van der Waals surface area contributed by atoms with Gasteiger partial charge in [0.15, 0.2) is 0 Å². The Balaban J connectivity index is 4.83. The molecule has 0 radical (unpaired) electrons. The fraction of sp³-hybridized carbons (Fsp3) is 0.727. The normalized spacial score (nSPS) is 10.2. The summed E-state index contributed by atoms with van der Waals surface area (Å²) >= 11 is 0. The maximum absolute atomic E-state index is 11.5. The number of ether oxygens (including phenoxy) is 1. The molecule has 0 saturated carbocycles. The maximum atomic E-state index is 11.5. The third-order valence-corrected chi connectivity index (χ3v) is 5.79. The number of azide groups is 1. The van der Waals surface area contributed by atoms with Crippen molar-refractivity contribution in [1.29, 1.82) is 0 Å². The molecule has 0 saturated heterocycles. The standard InChI is InChI=1S/C11H19N3O6Si/c1-4-9(15)19-21(6-3,20-10(16)5-2)8-7-18-11(17)13-14-12/h4-8H2,1-3H3. The number of amides is 1. The molecule has 9 nitrogen and oxygen atoms in total. The van der Waals surface area contributed by atoms with Crippen molar-refractivity contribution in [3.63, 3.8) is 0 Å². The summed E-state index contributed by atoms with van der Waals surface area (Å²) < 4.78 is 15.3. The van der Waals surface area contributed by atoms with Crippen LogP contribution in [0.15, 0.2) is 5.11 Å². The van der Waals surface area contributed by atoms with E-state index >= 15 is 0 Å². The minimum atomic E-state index is -3.14. The van der Waals surface area contributed by atoms with E-state index in [9.17, 15) is 14.4 Å². The number of carbonyl (C=O) groups is 3. The first-order valence-corrected chi connectivity index (χ1v) is 8.81. The topological polar surface area (TPSA) is 128 Å². The first-order valence-electron chi connectivity index (χ1n) is 6.58. The van der Waals surface area contributed by atoms with E-state index in [0.717, 1.165) is 0 Å². The van der Waals surface area contributed by atoms with Gasteiger partial charge in [0.1, 0.15) is 0 Å². The number of hydrogen-bond donors (Lipinski definition) is 0. The lowest BCUT2D eigenvalue weighted by Gasteiger charge is -2.28. The van der Waals surface area contributed by atoms with Gasteiger partial charge in [0.05, 0.1) is 6.61 Å². The molecule has 0 unspecified atom stereocenters. The first-order chi connectivity index (χ1) is 9.92. The lowest BCUT2D eigenvalue weighted by molar-refractivity contribution is -0.141. The van der Waals surface area contributed by atoms with E-state index in [1.165, 1.54) is 0 Å². The highest BCUT2D eigenvalue weighted by Gasteiger charge is 2.43. The van der Waals surface area contributed by atoms with E-state index in [0.29, 0.717) is 6.04 Å². The van der Waals surface area contributed by atoms with Crippen LogP contribution < -0.4 is 0 Å². The lowest BCUT2D eigenvalue weighted by atomic mass is 10.5. The summed E-state index contributed by atoms with van der Waals surface area (Å²) in [6.07, 6.45) is -0.784. The molecular weight excluding hydrogens is 298 g/mol. The van der Waals surface area contributed by atoms with Crippen LogP contribution in [0.2, 0.25) is 12.1 Å². The van der Waals surface area contributed by atoms with Crippen LogP contribution in [0, 0.1) is 0 Å². The molecule has 0 aliphatic carbocycles. The van der Waals surface area contributed by atoms with Crippen molar-refractivity contribution in [3.8, 4) is 0 Å². The molecule has 1 amide bonds. The Morgan fingerprint density at radius 2 is 1.62 bits per heavy atom. The quantitative estimate of drug-likeness (QED) is 0.293. The molecule has 0 aromatic rings. The maximum Gasteiger partial charge on any atom is 0.467 e. The second kappa shape index (κ2) is 9.78. The van der Waals surface area contributed by atoms with Gasteiger partial charge in [-0.05, 0) is 5.53 Å². The minimum absolute atomic E-state index is 0.0909. The van der Waals surface area contributed by atoms with E-state index in [1.807, 2.05) is 0 Å². The van der Waals surface area contributed by atoms with Crippen LogP contribution in [0.1, 0.15) is 33.6 Å². The van der Waals surface area contributed by atoms with Crippen LogP contribution in [0.3, 0.4) is 0 Å². The Hall–Kier alpha value is -2.06. The molecule has 0 aromatic heterocycles. The Bertz CT molecular complexity index is 418. The monoisotopic (exact) mass is 317 g/mol. The predicted molar refractivity (Wildman–Crippen MR) is 74.3 cm³/mol. The Morgan fingerprint density at radius 1 is 1.10 bits per heavy atom. The fourth-order valence-corrected chi connectivity index (χ4v) is 3.78. The van der Waals surface area contributed by atoms with E-state index in [1.54, 1.807) is 20.8 Å². The zero-order valence-electron chi connectivity index (χ0n) is 12.3. The van der Waals surface area contributed by atoms with Crippen LogP contribution in [0.5, 0.6) is 0 Å². The summed E-state index contributed by atoms with van der Waals surface area (Å²) in [5.41, 5.74) is 8.07. The first kappa shape index (κ1) is 18.9. The van der Waals surface area contributed by atoms with Gasteiger partial charge in [0, 0.05) is 35.0 Å². The molecule has 21 heavy (non-hydrogen) atoms. The average Bonchev–Trinajstić information content (AvgIpc) is 2.46. The van der Waals surface area contributed by atoms with Gasteiger partial charge in [-0.15, -0.1) is 0 Å². The van der Waals surface area contributed by atoms with Gasteiger partial charge in [0.2, 0.25) is 0 Å². The van der Waals surface area contributed by atoms with Crippen LogP contribution in [-0.2, 0) is 23.2 Å². The number of hydrogen-bond acceptors (Lipinski definition) is 6. The van der Waals surface area contributed by atoms with E-state index < -0.39 is 26.6 Å². The van der Waals surface area contributed by atoms with Gasteiger partial charge in [-0.25, -0.2) is 4.79 Å². The van der Waals surface area contributed by atoms with E-state index in [4.69, 9.17) is 14.4 Å². The zero-order chi connectivity index (χ0) is 16.3. The molecule has 0 atom stereocenters. The average molecular weight is 317 g/mol. The molecule has 0 aliphatic heterocycles. The summed E-state index contributed by atoms with van der Waals surface area (Å²) in [6.45, 7) is 4.82. The lowest BCUT2D eigenvalue weighted by Crippen LogP contribution is -2.46. The summed E-state index contributed by atoms with van der Waals surface area (Å²) in [6, 6.07) is 0.428. The van der Waals surface area contributed by atoms with E-state index in [2.05, 4.69) is 14.8 Å². The number of carbonyl (C=O) groups excluding carboxylic acids is 3. The van der Waals surface area contributed by atoms with Crippen LogP contribution in [0.4, 0.5) is 4.79 Å². The highest BCUT2D eigenvalue weighted by atomic mass is 28.4. The summed E-state index contributed by atoms with van der Waals surface area (Å²) in [5.74, 6) is -0.956. The van der Waals surface area contributed by atoms with Crippen molar-refractivity contribution >= 4 is 26.6 Å². The largest absolute Gasteiger partial charge is 0.485 e. The zero-order valence-corrected chi connectivity index (χ0v) is 13.3. The second-order valence-electron chi connectivity index (χ2n) is 3.97. The molecular formula is C11H19N3O6Si. The highest BCUT2D eigenvalue weighted by Crippen LogP contribution is 2.21. The predicted octanol–water partition coefficient (Wildman–Crippen LogP) is 2.80. The van der Waals surface area contributed by atoms with Crippen LogP contribution in [0.25, 0.3) is 10.4 Å². The van der Waals surface area contributed by atoms with Gasteiger partial charge in [-0.1, -0.05) is 20.8 Å². The van der Waals surface area contributed by atoms with Crippen molar-refractivity contribution in [2.24, 2.45) is 5.11 Å². The van der Waals surface area contributed by atoms with Gasteiger partial charge in [-0.3, -0.25) is 9.59 Å². The summed E-state index contributed by atoms with van der Waals surface area (Å²) in [7, 11) is -3.14. The summed E-state index contributed by atoms with van der Waals surface area (Å²) in [5, 5.41) is 2.74. The van der Waals surface area contributed by atoms with E-state index in [-0.39, 0.29) is 25.5 Å². The molecule has 0 N–H and O–H groups in total. The number of nitrogens with zero attached hydrogens (tertiary/aromatic N) is 3. The fourth-order valence-electron chi connectivity index (χ4n) is 1.36. The van der Waals surface area contributed by atoms with Crippen molar-refractivity contribution in [2.75, 3.05) is 6.61 Å². The van der Waals surface area contributed by atoms with Crippen LogP contribution >= 0.6 is 0 Å². The Kier molecular flexibility index (Phi) is 8.82.